The maximum atomic E-state index is 14.1. The minimum atomic E-state index is -0.784. The quantitative estimate of drug-likeness (QED) is 0.684. The molecule has 7 heteroatoms. The smallest absolute Gasteiger partial charge is 0.252 e. The van der Waals surface area contributed by atoms with Crippen LogP contribution < -0.4 is 15.8 Å². The molecule has 3 rings (SSSR count). The first-order chi connectivity index (χ1) is 11.5. The number of nitrogens with two attached hydrogens (primary N) is 1. The number of hydrogen-bond acceptors (Lipinski definition) is 5. The summed E-state index contributed by atoms with van der Waals surface area (Å²) in [6.45, 7) is 0. The van der Waals surface area contributed by atoms with Crippen LogP contribution in [0.5, 0.6) is 17.2 Å². The zero-order chi connectivity index (χ0) is 17.3. The lowest BCUT2D eigenvalue weighted by Crippen LogP contribution is -2.11. The number of carbonyl (C=O) groups is 1. The van der Waals surface area contributed by atoms with Crippen molar-refractivity contribution in [3.05, 3.63) is 54.0 Å². The second kappa shape index (κ2) is 6.04. The normalized spacial score (nSPS) is 10.6. The molecule has 0 saturated carbocycles. The average Bonchev–Trinajstić information content (AvgIpc) is 2.55. The van der Waals surface area contributed by atoms with Crippen LogP contribution in [-0.4, -0.2) is 23.0 Å². The number of ether oxygens (including phenoxy) is 1. The van der Waals surface area contributed by atoms with Crippen molar-refractivity contribution in [2.75, 3.05) is 12.4 Å². The third-order valence-electron chi connectivity index (χ3n) is 3.52. The molecule has 1 amide bonds. The highest BCUT2D eigenvalue weighted by Crippen LogP contribution is 2.34. The van der Waals surface area contributed by atoms with Gasteiger partial charge in [0, 0.05) is 36.5 Å². The number of hydrogen-bond donors (Lipinski definition) is 3. The Bertz CT molecular complexity index is 944. The van der Waals surface area contributed by atoms with Gasteiger partial charge < -0.3 is 20.9 Å². The molecule has 0 atom stereocenters. The van der Waals surface area contributed by atoms with Crippen molar-refractivity contribution in [3.63, 3.8) is 0 Å². The summed E-state index contributed by atoms with van der Waals surface area (Å²) in [5.74, 6) is -1.28. The number of amides is 1. The van der Waals surface area contributed by atoms with Crippen molar-refractivity contribution < 1.29 is 19.0 Å². The molecule has 0 bridgehead atoms. The van der Waals surface area contributed by atoms with Gasteiger partial charge in [0.15, 0.2) is 11.6 Å². The molecule has 122 valence electrons. The Labute approximate surface area is 136 Å². The van der Waals surface area contributed by atoms with Crippen molar-refractivity contribution in [1.29, 1.82) is 0 Å². The van der Waals surface area contributed by atoms with E-state index in [4.69, 9.17) is 10.5 Å². The highest BCUT2D eigenvalue weighted by molar-refractivity contribution is 6.01. The number of carbonyl (C=O) groups excluding carboxylic acids is 1. The van der Waals surface area contributed by atoms with Gasteiger partial charge in [-0.15, -0.1) is 0 Å². The third-order valence-corrected chi connectivity index (χ3v) is 3.52. The van der Waals surface area contributed by atoms with E-state index >= 15 is 0 Å². The fourth-order valence-corrected chi connectivity index (χ4v) is 2.30. The minimum Gasteiger partial charge on any atom is -0.507 e. The van der Waals surface area contributed by atoms with E-state index in [2.05, 4.69) is 10.3 Å². The van der Waals surface area contributed by atoms with Crippen LogP contribution in [0.4, 0.5) is 10.1 Å². The van der Waals surface area contributed by atoms with Crippen LogP contribution in [0.25, 0.3) is 10.9 Å². The van der Waals surface area contributed by atoms with Crippen LogP contribution in [0.1, 0.15) is 10.4 Å². The predicted molar refractivity (Wildman–Crippen MR) is 87.9 cm³/mol. The number of aromatic nitrogens is 1. The van der Waals surface area contributed by atoms with Crippen molar-refractivity contribution >= 4 is 22.5 Å². The number of pyridine rings is 1. The molecule has 3 aromatic rings. The van der Waals surface area contributed by atoms with Crippen LogP contribution in [0, 0.1) is 5.82 Å². The van der Waals surface area contributed by atoms with E-state index in [1.165, 1.54) is 36.5 Å². The molecule has 1 aromatic heterocycles. The van der Waals surface area contributed by atoms with Crippen molar-refractivity contribution in [1.82, 2.24) is 4.98 Å². The molecule has 1 heterocycles. The number of nitrogens with zero attached hydrogens (tertiary/aromatic N) is 1. The maximum Gasteiger partial charge on any atom is 0.252 e. The molecule has 4 N–H and O–H groups in total. The van der Waals surface area contributed by atoms with Crippen LogP contribution in [0.2, 0.25) is 0 Å². The van der Waals surface area contributed by atoms with Gasteiger partial charge in [0.05, 0.1) is 11.1 Å². The Morgan fingerprint density at radius 3 is 2.71 bits per heavy atom. The molecule has 24 heavy (non-hydrogen) atoms. The van der Waals surface area contributed by atoms with E-state index in [0.29, 0.717) is 22.3 Å². The van der Waals surface area contributed by atoms with Crippen molar-refractivity contribution in [3.8, 4) is 17.2 Å². The second-order valence-corrected chi connectivity index (χ2v) is 5.06. The first kappa shape index (κ1) is 15.5. The number of primary amides is 1. The lowest BCUT2D eigenvalue weighted by atomic mass is 10.1. The van der Waals surface area contributed by atoms with Crippen molar-refractivity contribution in [2.24, 2.45) is 5.73 Å². The summed E-state index contributed by atoms with van der Waals surface area (Å²) in [5, 5.41) is 13.1. The monoisotopic (exact) mass is 327 g/mol. The van der Waals surface area contributed by atoms with E-state index < -0.39 is 11.7 Å². The summed E-state index contributed by atoms with van der Waals surface area (Å²) < 4.78 is 19.7. The molecule has 6 nitrogen and oxygen atoms in total. The van der Waals surface area contributed by atoms with Gasteiger partial charge in [-0.05, 0) is 24.3 Å². The van der Waals surface area contributed by atoms with Crippen LogP contribution in [0.15, 0.2) is 42.6 Å². The van der Waals surface area contributed by atoms with E-state index in [1.807, 2.05) is 0 Å². The maximum absolute atomic E-state index is 14.1. The zero-order valence-electron chi connectivity index (χ0n) is 12.7. The number of benzene rings is 2. The molecule has 0 radical (unpaired) electrons. The Kier molecular flexibility index (Phi) is 3.91. The average molecular weight is 327 g/mol. The summed E-state index contributed by atoms with van der Waals surface area (Å²) in [7, 11) is 1.68. The summed E-state index contributed by atoms with van der Waals surface area (Å²) in [4.78, 5) is 15.5. The highest BCUT2D eigenvalue weighted by Gasteiger charge is 2.14. The van der Waals surface area contributed by atoms with Gasteiger partial charge in [0.25, 0.3) is 5.91 Å². The first-order valence-electron chi connectivity index (χ1n) is 7.06. The summed E-state index contributed by atoms with van der Waals surface area (Å²) in [6.07, 6.45) is 1.46. The Balaban J connectivity index is 2.09. The number of halogens is 1. The first-order valence-corrected chi connectivity index (χ1v) is 7.06. The number of rotatable bonds is 4. The van der Waals surface area contributed by atoms with Crippen molar-refractivity contribution in [2.45, 2.75) is 0 Å². The molecule has 0 spiro atoms. The Hall–Kier alpha value is -3.35. The summed E-state index contributed by atoms with van der Waals surface area (Å²) in [5.41, 5.74) is 6.18. The summed E-state index contributed by atoms with van der Waals surface area (Å²) >= 11 is 0. The SMILES string of the molecule is CNc1ccc(Oc2ccnc3cc(O)c(C(N)=O)cc23)c(F)c1. The van der Waals surface area contributed by atoms with Gasteiger partial charge in [-0.3, -0.25) is 9.78 Å². The highest BCUT2D eigenvalue weighted by atomic mass is 19.1. The fourth-order valence-electron chi connectivity index (χ4n) is 2.30. The van der Waals surface area contributed by atoms with Gasteiger partial charge in [-0.1, -0.05) is 0 Å². The van der Waals surface area contributed by atoms with Crippen LogP contribution >= 0.6 is 0 Å². The van der Waals surface area contributed by atoms with E-state index in [0.717, 1.165) is 0 Å². The van der Waals surface area contributed by atoms with Gasteiger partial charge in [-0.2, -0.15) is 0 Å². The molecule has 0 saturated heterocycles. The molecule has 0 aliphatic rings. The molecule has 0 unspecified atom stereocenters. The zero-order valence-corrected chi connectivity index (χ0v) is 12.7. The van der Waals surface area contributed by atoms with Crippen LogP contribution in [-0.2, 0) is 0 Å². The number of phenols is 1. The third kappa shape index (κ3) is 2.79. The van der Waals surface area contributed by atoms with E-state index in [9.17, 15) is 14.3 Å². The predicted octanol–water partition coefficient (Wildman–Crippen LogP) is 3.01. The van der Waals surface area contributed by atoms with E-state index in [-0.39, 0.29) is 17.1 Å². The topological polar surface area (TPSA) is 97.5 Å². The van der Waals surface area contributed by atoms with E-state index in [1.54, 1.807) is 13.1 Å². The lowest BCUT2D eigenvalue weighted by molar-refractivity contribution is 0.0998. The molecule has 0 aliphatic carbocycles. The van der Waals surface area contributed by atoms with Gasteiger partial charge in [-0.25, -0.2) is 4.39 Å². The second-order valence-electron chi connectivity index (χ2n) is 5.06. The minimum absolute atomic E-state index is 0.0233. The molecule has 0 aliphatic heterocycles. The molecular weight excluding hydrogens is 313 g/mol. The standard InChI is InChI=1S/C17H14FN3O3/c1-20-9-2-3-16(12(18)6-9)24-15-4-5-21-13-8-14(22)11(17(19)23)7-10(13)15/h2-8,20,22H,1H3,(H2,19,23). The number of fused-ring (bicyclic) bond motifs is 1. The Morgan fingerprint density at radius 1 is 1.25 bits per heavy atom. The largest absolute Gasteiger partial charge is 0.507 e. The summed E-state index contributed by atoms with van der Waals surface area (Å²) in [6, 6.07) is 8.68. The van der Waals surface area contributed by atoms with Crippen LogP contribution in [0.3, 0.4) is 0 Å². The van der Waals surface area contributed by atoms with Gasteiger partial charge in [0.2, 0.25) is 0 Å². The fraction of sp³-hybridized carbons (Fsp3) is 0.0588. The Morgan fingerprint density at radius 2 is 2.04 bits per heavy atom. The van der Waals surface area contributed by atoms with Gasteiger partial charge >= 0.3 is 0 Å². The molecule has 0 fully saturated rings. The molecular formula is C17H14FN3O3. The number of nitrogens with one attached hydrogen (secondary N) is 1. The molecule has 2 aromatic carbocycles. The lowest BCUT2D eigenvalue weighted by Gasteiger charge is -2.11. The van der Waals surface area contributed by atoms with Gasteiger partial charge in [0.1, 0.15) is 11.5 Å². The number of aromatic hydroxyl groups is 1. The number of anilines is 1.